The molecule has 20 heavy (non-hydrogen) atoms. The van der Waals surface area contributed by atoms with Crippen LogP contribution in [-0.2, 0) is 4.74 Å². The third-order valence-corrected chi connectivity index (χ3v) is 2.86. The van der Waals surface area contributed by atoms with Crippen molar-refractivity contribution >= 4 is 11.7 Å². The van der Waals surface area contributed by atoms with Crippen molar-refractivity contribution < 1.29 is 14.7 Å². The predicted octanol–water partition coefficient (Wildman–Crippen LogP) is 1.33. The Bertz CT molecular complexity index is 443. The Morgan fingerprint density at radius 3 is 2.50 bits per heavy atom. The second-order valence-corrected chi connectivity index (χ2v) is 4.37. The largest absolute Gasteiger partial charge is 0.409 e. The summed E-state index contributed by atoms with van der Waals surface area (Å²) in [6.07, 6.45) is 2.95. The van der Waals surface area contributed by atoms with Gasteiger partial charge in [-0.3, -0.25) is 4.79 Å². The highest BCUT2D eigenvalue weighted by atomic mass is 16.5. The molecular formula is C14H21N3O3. The fraction of sp³-hybridized carbons (Fsp3) is 0.429. The lowest BCUT2D eigenvalue weighted by atomic mass is 10.1. The number of amides is 1. The molecule has 1 aromatic rings. The van der Waals surface area contributed by atoms with Crippen LogP contribution in [0.2, 0.25) is 0 Å². The van der Waals surface area contributed by atoms with Crippen molar-refractivity contribution in [3.63, 3.8) is 0 Å². The minimum Gasteiger partial charge on any atom is -0.409 e. The van der Waals surface area contributed by atoms with Gasteiger partial charge in [-0.15, -0.1) is 0 Å². The van der Waals surface area contributed by atoms with Crippen molar-refractivity contribution in [2.75, 3.05) is 20.3 Å². The van der Waals surface area contributed by atoms with E-state index in [9.17, 15) is 4.79 Å². The van der Waals surface area contributed by atoms with E-state index >= 15 is 0 Å². The maximum Gasteiger partial charge on any atom is 0.251 e. The summed E-state index contributed by atoms with van der Waals surface area (Å²) in [6.45, 7) is 1.40. The molecule has 0 aliphatic rings. The molecule has 6 heteroatoms. The molecule has 0 heterocycles. The molecular weight excluding hydrogens is 258 g/mol. The van der Waals surface area contributed by atoms with Crippen molar-refractivity contribution in [2.45, 2.75) is 19.3 Å². The number of benzene rings is 1. The van der Waals surface area contributed by atoms with Crippen LogP contribution in [0.15, 0.2) is 29.4 Å². The van der Waals surface area contributed by atoms with E-state index in [4.69, 9.17) is 15.7 Å². The molecule has 0 aliphatic heterocycles. The van der Waals surface area contributed by atoms with E-state index in [0.29, 0.717) is 17.7 Å². The standard InChI is InChI=1S/C14H21N3O3/c1-20-10-4-2-3-9-16-14(18)12-7-5-11(6-8-12)13(15)17-19/h5-8,19H,2-4,9-10H2,1H3,(H2,15,17)(H,16,18). The van der Waals surface area contributed by atoms with Crippen molar-refractivity contribution in [3.8, 4) is 0 Å². The van der Waals surface area contributed by atoms with E-state index in [-0.39, 0.29) is 11.7 Å². The average Bonchev–Trinajstić information content (AvgIpc) is 2.50. The Morgan fingerprint density at radius 1 is 1.25 bits per heavy atom. The van der Waals surface area contributed by atoms with Crippen LogP contribution < -0.4 is 11.1 Å². The number of nitrogens with two attached hydrogens (primary N) is 1. The first kappa shape index (κ1) is 16.0. The van der Waals surface area contributed by atoms with Crippen LogP contribution in [0.3, 0.4) is 0 Å². The first-order valence-electron chi connectivity index (χ1n) is 6.54. The maximum atomic E-state index is 11.8. The SMILES string of the molecule is COCCCCCNC(=O)c1ccc(/C(N)=N/O)cc1. The van der Waals surface area contributed by atoms with Crippen molar-refractivity contribution in [1.82, 2.24) is 5.32 Å². The van der Waals surface area contributed by atoms with Crippen molar-refractivity contribution in [1.29, 1.82) is 0 Å². The van der Waals surface area contributed by atoms with Gasteiger partial charge in [0, 0.05) is 31.4 Å². The van der Waals surface area contributed by atoms with Crippen LogP contribution in [0.4, 0.5) is 0 Å². The Hall–Kier alpha value is -2.08. The van der Waals surface area contributed by atoms with Gasteiger partial charge in [0.1, 0.15) is 0 Å². The van der Waals surface area contributed by atoms with Crippen LogP contribution >= 0.6 is 0 Å². The molecule has 0 aromatic heterocycles. The van der Waals surface area contributed by atoms with Gasteiger partial charge in [-0.25, -0.2) is 0 Å². The molecule has 1 rings (SSSR count). The molecule has 0 bridgehead atoms. The number of hydrogen-bond acceptors (Lipinski definition) is 4. The number of unbranched alkanes of at least 4 members (excludes halogenated alkanes) is 2. The summed E-state index contributed by atoms with van der Waals surface area (Å²) < 4.78 is 4.95. The summed E-state index contributed by atoms with van der Waals surface area (Å²) in [5.41, 5.74) is 6.57. The van der Waals surface area contributed by atoms with E-state index < -0.39 is 0 Å². The number of carbonyl (C=O) groups is 1. The topological polar surface area (TPSA) is 96.9 Å². The highest BCUT2D eigenvalue weighted by Crippen LogP contribution is 2.04. The van der Waals surface area contributed by atoms with Crippen LogP contribution in [0.1, 0.15) is 35.2 Å². The van der Waals surface area contributed by atoms with Gasteiger partial charge in [0.05, 0.1) is 0 Å². The fourth-order valence-corrected chi connectivity index (χ4v) is 1.70. The van der Waals surface area contributed by atoms with Gasteiger partial charge in [0.25, 0.3) is 5.91 Å². The monoisotopic (exact) mass is 279 g/mol. The van der Waals surface area contributed by atoms with E-state index in [2.05, 4.69) is 10.5 Å². The quantitative estimate of drug-likeness (QED) is 0.220. The number of nitrogens with zero attached hydrogens (tertiary/aromatic N) is 1. The zero-order valence-corrected chi connectivity index (χ0v) is 11.6. The molecule has 0 fully saturated rings. The number of oxime groups is 1. The molecule has 0 spiro atoms. The van der Waals surface area contributed by atoms with Crippen molar-refractivity contribution in [2.24, 2.45) is 10.9 Å². The summed E-state index contributed by atoms with van der Waals surface area (Å²) in [6, 6.07) is 6.58. The number of rotatable bonds is 8. The Labute approximate surface area is 118 Å². The van der Waals surface area contributed by atoms with Crippen LogP contribution in [0, 0.1) is 0 Å². The third-order valence-electron chi connectivity index (χ3n) is 2.86. The van der Waals surface area contributed by atoms with Gasteiger partial charge in [-0.05, 0) is 31.4 Å². The summed E-state index contributed by atoms with van der Waals surface area (Å²) in [4.78, 5) is 11.8. The molecule has 110 valence electrons. The van der Waals surface area contributed by atoms with E-state index in [1.807, 2.05) is 0 Å². The second-order valence-electron chi connectivity index (χ2n) is 4.37. The molecule has 6 nitrogen and oxygen atoms in total. The summed E-state index contributed by atoms with van der Waals surface area (Å²) in [5.74, 6) is -0.0992. The summed E-state index contributed by atoms with van der Waals surface area (Å²) in [5, 5.41) is 14.3. The highest BCUT2D eigenvalue weighted by molar-refractivity contribution is 5.99. The van der Waals surface area contributed by atoms with Gasteiger partial charge in [0.2, 0.25) is 0 Å². The third kappa shape index (κ3) is 5.27. The molecule has 1 amide bonds. The average molecular weight is 279 g/mol. The highest BCUT2D eigenvalue weighted by Gasteiger charge is 2.05. The zero-order valence-electron chi connectivity index (χ0n) is 11.6. The maximum absolute atomic E-state index is 11.8. The number of carbonyl (C=O) groups excluding carboxylic acids is 1. The molecule has 1 aromatic carbocycles. The number of methoxy groups -OCH3 is 1. The van der Waals surface area contributed by atoms with Crippen LogP contribution in [-0.4, -0.2) is 37.2 Å². The lowest BCUT2D eigenvalue weighted by Gasteiger charge is -2.06. The first-order valence-corrected chi connectivity index (χ1v) is 6.54. The number of nitrogens with one attached hydrogen (secondary N) is 1. The van der Waals surface area contributed by atoms with Gasteiger partial charge in [0.15, 0.2) is 5.84 Å². The van der Waals surface area contributed by atoms with Gasteiger partial charge in [-0.1, -0.05) is 17.3 Å². The minimum absolute atomic E-state index is 0.0232. The van der Waals surface area contributed by atoms with E-state index in [1.165, 1.54) is 0 Å². The molecule has 4 N–H and O–H groups in total. The van der Waals surface area contributed by atoms with Gasteiger partial charge >= 0.3 is 0 Å². The molecule has 0 unspecified atom stereocenters. The zero-order chi connectivity index (χ0) is 14.8. The van der Waals surface area contributed by atoms with Gasteiger partial charge < -0.3 is 21.0 Å². The van der Waals surface area contributed by atoms with E-state index in [1.54, 1.807) is 31.4 Å². The smallest absolute Gasteiger partial charge is 0.251 e. The van der Waals surface area contributed by atoms with Gasteiger partial charge in [-0.2, -0.15) is 0 Å². The van der Waals surface area contributed by atoms with Crippen LogP contribution in [0.5, 0.6) is 0 Å². The number of amidine groups is 1. The predicted molar refractivity (Wildman–Crippen MR) is 77.0 cm³/mol. The Kier molecular flexibility index (Phi) is 7.13. The Morgan fingerprint density at radius 2 is 1.90 bits per heavy atom. The molecule has 0 saturated carbocycles. The molecule has 0 radical (unpaired) electrons. The van der Waals surface area contributed by atoms with E-state index in [0.717, 1.165) is 25.9 Å². The number of hydrogen-bond donors (Lipinski definition) is 3. The summed E-state index contributed by atoms with van der Waals surface area (Å²) >= 11 is 0. The fourth-order valence-electron chi connectivity index (χ4n) is 1.70. The number of ether oxygens (including phenoxy) is 1. The Balaban J connectivity index is 2.36. The minimum atomic E-state index is -0.122. The molecule has 0 saturated heterocycles. The lowest BCUT2D eigenvalue weighted by Crippen LogP contribution is -2.24. The van der Waals surface area contributed by atoms with Crippen molar-refractivity contribution in [3.05, 3.63) is 35.4 Å². The lowest BCUT2D eigenvalue weighted by molar-refractivity contribution is 0.0952. The second kappa shape index (κ2) is 8.92. The summed E-state index contributed by atoms with van der Waals surface area (Å²) in [7, 11) is 1.68. The van der Waals surface area contributed by atoms with Crippen LogP contribution in [0.25, 0.3) is 0 Å². The molecule has 0 atom stereocenters. The molecule has 0 aliphatic carbocycles. The first-order chi connectivity index (χ1) is 9.69. The normalized spacial score (nSPS) is 11.3.